The minimum atomic E-state index is 0.142. The van der Waals surface area contributed by atoms with E-state index in [0.29, 0.717) is 4.88 Å². The molecule has 1 atom stereocenters. The molecule has 0 amide bonds. The first kappa shape index (κ1) is 7.89. The first-order valence-electron chi connectivity index (χ1n) is 3.92. The normalized spacial score (nSPS) is 22.8. The zero-order valence-corrected chi connectivity index (χ0v) is 7.34. The van der Waals surface area contributed by atoms with Crippen LogP contribution < -0.4 is 0 Å². The van der Waals surface area contributed by atoms with E-state index in [4.69, 9.17) is 4.74 Å². The fraction of sp³-hybridized carbons (Fsp3) is 0.500. The summed E-state index contributed by atoms with van der Waals surface area (Å²) in [6, 6.07) is 0. The molecule has 0 aliphatic carbocycles. The molecule has 2 heterocycles. The van der Waals surface area contributed by atoms with Gasteiger partial charge in [0.25, 0.3) is 0 Å². The Morgan fingerprint density at radius 2 is 2.67 bits per heavy atom. The zero-order valence-electron chi connectivity index (χ0n) is 6.53. The lowest BCUT2D eigenvalue weighted by atomic mass is 10.2. The topological polar surface area (TPSA) is 39.2 Å². The Balaban J connectivity index is 2.16. The van der Waals surface area contributed by atoms with Crippen LogP contribution in [0.2, 0.25) is 0 Å². The van der Waals surface area contributed by atoms with E-state index in [2.05, 4.69) is 4.98 Å². The van der Waals surface area contributed by atoms with Crippen LogP contribution in [-0.2, 0) is 4.74 Å². The predicted octanol–water partition coefficient (Wildman–Crippen LogP) is 1.81. The lowest BCUT2D eigenvalue weighted by molar-refractivity contribution is 0.111. The largest absolute Gasteiger partial charge is 0.371 e. The van der Waals surface area contributed by atoms with E-state index >= 15 is 0 Å². The van der Waals surface area contributed by atoms with Gasteiger partial charge in [0.2, 0.25) is 0 Å². The Labute approximate surface area is 74.4 Å². The van der Waals surface area contributed by atoms with Crippen LogP contribution in [0.1, 0.15) is 33.6 Å². The van der Waals surface area contributed by atoms with Crippen molar-refractivity contribution in [3.05, 3.63) is 16.1 Å². The maximum absolute atomic E-state index is 10.4. The quantitative estimate of drug-likeness (QED) is 0.656. The van der Waals surface area contributed by atoms with Gasteiger partial charge in [0.05, 0.1) is 4.88 Å². The molecule has 1 fully saturated rings. The third-order valence-electron chi connectivity index (χ3n) is 1.86. The molecule has 3 nitrogen and oxygen atoms in total. The number of aromatic nitrogens is 1. The predicted molar refractivity (Wildman–Crippen MR) is 45.4 cm³/mol. The van der Waals surface area contributed by atoms with E-state index in [1.54, 1.807) is 6.20 Å². The van der Waals surface area contributed by atoms with E-state index in [0.717, 1.165) is 30.7 Å². The van der Waals surface area contributed by atoms with Crippen molar-refractivity contribution in [1.29, 1.82) is 0 Å². The number of aldehydes is 1. The fourth-order valence-corrected chi connectivity index (χ4v) is 2.09. The third kappa shape index (κ3) is 1.40. The summed E-state index contributed by atoms with van der Waals surface area (Å²) in [5, 5.41) is 0.939. The van der Waals surface area contributed by atoms with Gasteiger partial charge in [-0.05, 0) is 12.8 Å². The van der Waals surface area contributed by atoms with Crippen LogP contribution in [0.5, 0.6) is 0 Å². The summed E-state index contributed by atoms with van der Waals surface area (Å²) in [5.74, 6) is 0. The van der Waals surface area contributed by atoms with Crippen molar-refractivity contribution in [2.45, 2.75) is 18.9 Å². The van der Waals surface area contributed by atoms with Crippen LogP contribution in [0.4, 0.5) is 0 Å². The Kier molecular flexibility index (Phi) is 2.19. The maximum Gasteiger partial charge on any atom is 0.161 e. The number of hydrogen-bond donors (Lipinski definition) is 0. The molecule has 1 unspecified atom stereocenters. The smallest absolute Gasteiger partial charge is 0.161 e. The highest BCUT2D eigenvalue weighted by atomic mass is 32.1. The van der Waals surface area contributed by atoms with Gasteiger partial charge in [-0.2, -0.15) is 0 Å². The molecule has 2 rings (SSSR count). The molecule has 1 aromatic heterocycles. The Morgan fingerprint density at radius 3 is 3.25 bits per heavy atom. The number of nitrogens with zero attached hydrogens (tertiary/aromatic N) is 1. The van der Waals surface area contributed by atoms with E-state index < -0.39 is 0 Å². The van der Waals surface area contributed by atoms with Gasteiger partial charge in [-0.25, -0.2) is 4.98 Å². The Hall–Kier alpha value is -0.740. The summed E-state index contributed by atoms with van der Waals surface area (Å²) in [6.45, 7) is 0.820. The first-order chi connectivity index (χ1) is 5.90. The van der Waals surface area contributed by atoms with Crippen molar-refractivity contribution in [2.75, 3.05) is 6.61 Å². The van der Waals surface area contributed by atoms with Crippen molar-refractivity contribution >= 4 is 17.6 Å². The maximum atomic E-state index is 10.4. The van der Waals surface area contributed by atoms with Crippen LogP contribution in [0.3, 0.4) is 0 Å². The van der Waals surface area contributed by atoms with Crippen molar-refractivity contribution in [2.24, 2.45) is 0 Å². The monoisotopic (exact) mass is 183 g/mol. The van der Waals surface area contributed by atoms with Gasteiger partial charge >= 0.3 is 0 Å². The molecule has 64 valence electrons. The molecule has 12 heavy (non-hydrogen) atoms. The van der Waals surface area contributed by atoms with Crippen molar-refractivity contribution in [3.63, 3.8) is 0 Å². The molecule has 0 spiro atoms. The molecule has 0 saturated carbocycles. The Morgan fingerprint density at radius 1 is 1.75 bits per heavy atom. The van der Waals surface area contributed by atoms with Crippen LogP contribution in [0.15, 0.2) is 6.20 Å². The second kappa shape index (κ2) is 3.33. The highest BCUT2D eigenvalue weighted by Gasteiger charge is 2.20. The minimum absolute atomic E-state index is 0.142. The van der Waals surface area contributed by atoms with Gasteiger partial charge in [0, 0.05) is 12.8 Å². The average Bonchev–Trinajstić information content (AvgIpc) is 2.75. The summed E-state index contributed by atoms with van der Waals surface area (Å²) in [6.07, 6.45) is 4.71. The number of ether oxygens (including phenoxy) is 1. The number of carbonyl (C=O) groups is 1. The van der Waals surface area contributed by atoms with Crippen LogP contribution >= 0.6 is 11.3 Å². The fourth-order valence-electron chi connectivity index (χ4n) is 1.28. The van der Waals surface area contributed by atoms with Gasteiger partial charge in [-0.15, -0.1) is 11.3 Å². The van der Waals surface area contributed by atoms with E-state index in [1.165, 1.54) is 11.3 Å². The number of carbonyl (C=O) groups excluding carboxylic acids is 1. The second-order valence-electron chi connectivity index (χ2n) is 2.72. The minimum Gasteiger partial charge on any atom is -0.371 e. The molecule has 1 aliphatic heterocycles. The molecule has 1 aromatic rings. The molecular weight excluding hydrogens is 174 g/mol. The summed E-state index contributed by atoms with van der Waals surface area (Å²) >= 11 is 1.43. The van der Waals surface area contributed by atoms with E-state index in [9.17, 15) is 4.79 Å². The SMILES string of the molecule is O=Cc1cnc(C2CCCO2)s1. The van der Waals surface area contributed by atoms with Gasteiger partial charge < -0.3 is 4.74 Å². The molecular formula is C8H9NO2S. The van der Waals surface area contributed by atoms with E-state index in [-0.39, 0.29) is 6.10 Å². The van der Waals surface area contributed by atoms with Crippen molar-refractivity contribution in [3.8, 4) is 0 Å². The molecule has 0 radical (unpaired) electrons. The summed E-state index contributed by atoms with van der Waals surface area (Å²) < 4.78 is 5.43. The van der Waals surface area contributed by atoms with Crippen LogP contribution in [-0.4, -0.2) is 17.9 Å². The van der Waals surface area contributed by atoms with Crippen LogP contribution in [0, 0.1) is 0 Å². The second-order valence-corrected chi connectivity index (χ2v) is 3.81. The van der Waals surface area contributed by atoms with Gasteiger partial charge in [-0.1, -0.05) is 0 Å². The molecule has 0 N–H and O–H groups in total. The molecule has 0 aromatic carbocycles. The van der Waals surface area contributed by atoms with Crippen molar-refractivity contribution < 1.29 is 9.53 Å². The number of thiazole rings is 1. The van der Waals surface area contributed by atoms with Gasteiger partial charge in [0.1, 0.15) is 11.1 Å². The van der Waals surface area contributed by atoms with Gasteiger partial charge in [0.15, 0.2) is 6.29 Å². The lowest BCUT2D eigenvalue weighted by Crippen LogP contribution is -1.93. The Bertz CT molecular complexity index is 278. The summed E-state index contributed by atoms with van der Waals surface area (Å²) in [5.41, 5.74) is 0. The molecule has 0 bridgehead atoms. The van der Waals surface area contributed by atoms with Gasteiger partial charge in [-0.3, -0.25) is 4.79 Å². The third-order valence-corrected chi connectivity index (χ3v) is 2.88. The van der Waals surface area contributed by atoms with Crippen molar-refractivity contribution in [1.82, 2.24) is 4.98 Å². The highest BCUT2D eigenvalue weighted by molar-refractivity contribution is 7.13. The standard InChI is InChI=1S/C8H9NO2S/c10-5-6-4-9-8(12-6)7-2-1-3-11-7/h4-5,7H,1-3H2. The lowest BCUT2D eigenvalue weighted by Gasteiger charge is -2.02. The number of rotatable bonds is 2. The molecule has 1 aliphatic rings. The summed E-state index contributed by atoms with van der Waals surface area (Å²) in [4.78, 5) is 15.2. The highest BCUT2D eigenvalue weighted by Crippen LogP contribution is 2.30. The van der Waals surface area contributed by atoms with Crippen LogP contribution in [0.25, 0.3) is 0 Å². The molecule has 4 heteroatoms. The average molecular weight is 183 g/mol. The first-order valence-corrected chi connectivity index (χ1v) is 4.74. The van der Waals surface area contributed by atoms with E-state index in [1.807, 2.05) is 0 Å². The number of hydrogen-bond acceptors (Lipinski definition) is 4. The summed E-state index contributed by atoms with van der Waals surface area (Å²) in [7, 11) is 0. The zero-order chi connectivity index (χ0) is 8.39. The molecule has 1 saturated heterocycles.